The molecule has 100 valence electrons. The Morgan fingerprint density at radius 3 is 2.11 bits per heavy atom. The zero-order valence-electron chi connectivity index (χ0n) is 11.0. The summed E-state index contributed by atoms with van der Waals surface area (Å²) < 4.78 is 0. The van der Waals surface area contributed by atoms with Crippen LogP contribution in [0, 0.1) is 0 Å². The van der Waals surface area contributed by atoms with Crippen molar-refractivity contribution in [2.45, 2.75) is 32.2 Å². The van der Waals surface area contributed by atoms with Crippen molar-refractivity contribution in [3.05, 3.63) is 35.4 Å². The van der Waals surface area contributed by atoms with Crippen LogP contribution >= 0.6 is 23.2 Å². The van der Waals surface area contributed by atoms with Gasteiger partial charge in [0.1, 0.15) is 0 Å². The minimum absolute atomic E-state index is 0.144. The van der Waals surface area contributed by atoms with Crippen LogP contribution in [0.5, 0.6) is 0 Å². The van der Waals surface area contributed by atoms with E-state index in [0.29, 0.717) is 11.5 Å². The van der Waals surface area contributed by atoms with E-state index in [1.165, 1.54) is 5.56 Å². The van der Waals surface area contributed by atoms with Crippen LogP contribution in [0.3, 0.4) is 0 Å². The predicted octanol–water partition coefficient (Wildman–Crippen LogP) is 3.78. The molecule has 1 aromatic carbocycles. The molecular formula is C14H19Cl2NO. The number of carbonyl (C=O) groups excluding carboxylic acids is 1. The highest BCUT2D eigenvalue weighted by atomic mass is 35.5. The molecule has 1 aromatic rings. The first-order valence-electron chi connectivity index (χ1n) is 5.96. The van der Waals surface area contributed by atoms with E-state index in [0.717, 1.165) is 0 Å². The first-order chi connectivity index (χ1) is 8.41. The third-order valence-corrected chi connectivity index (χ3v) is 4.02. The van der Waals surface area contributed by atoms with Gasteiger partial charge in [-0.1, -0.05) is 26.0 Å². The highest BCUT2D eigenvalue weighted by molar-refractivity contribution is 6.22. The SMILES string of the molecule is CC(C)c1ccc(C(=O)NC(C)(CCl)CCl)cc1. The third-order valence-electron chi connectivity index (χ3n) is 2.84. The molecule has 0 saturated heterocycles. The Bertz CT molecular complexity index is 397. The van der Waals surface area contributed by atoms with E-state index >= 15 is 0 Å². The zero-order valence-corrected chi connectivity index (χ0v) is 12.5. The number of alkyl halides is 2. The van der Waals surface area contributed by atoms with Crippen LogP contribution in [0.25, 0.3) is 0 Å². The van der Waals surface area contributed by atoms with Crippen molar-refractivity contribution in [3.63, 3.8) is 0 Å². The Kier molecular flexibility index (Phi) is 5.48. The summed E-state index contributed by atoms with van der Waals surface area (Å²) in [5.41, 5.74) is 1.27. The number of carbonyl (C=O) groups is 1. The van der Waals surface area contributed by atoms with Gasteiger partial charge in [0.2, 0.25) is 0 Å². The van der Waals surface area contributed by atoms with Gasteiger partial charge in [0.15, 0.2) is 0 Å². The lowest BCUT2D eigenvalue weighted by molar-refractivity contribution is 0.0921. The standard InChI is InChI=1S/C14H19Cl2NO/c1-10(2)11-4-6-12(7-5-11)13(18)17-14(3,8-15)9-16/h4-7,10H,8-9H2,1-3H3,(H,17,18). The predicted molar refractivity (Wildman–Crippen MR) is 77.8 cm³/mol. The summed E-state index contributed by atoms with van der Waals surface area (Å²) in [5.74, 6) is 0.880. The molecule has 0 bridgehead atoms. The molecule has 18 heavy (non-hydrogen) atoms. The van der Waals surface area contributed by atoms with Crippen molar-refractivity contribution in [1.29, 1.82) is 0 Å². The minimum atomic E-state index is -0.573. The molecule has 4 heteroatoms. The van der Waals surface area contributed by atoms with Crippen LogP contribution < -0.4 is 5.32 Å². The average Bonchev–Trinajstić information content (AvgIpc) is 2.38. The molecule has 0 aliphatic carbocycles. The maximum Gasteiger partial charge on any atom is 0.251 e. The first kappa shape index (κ1) is 15.3. The molecule has 1 amide bonds. The van der Waals surface area contributed by atoms with Gasteiger partial charge in [0, 0.05) is 17.3 Å². The van der Waals surface area contributed by atoms with Gasteiger partial charge >= 0.3 is 0 Å². The number of nitrogens with one attached hydrogen (secondary N) is 1. The molecule has 0 unspecified atom stereocenters. The fourth-order valence-electron chi connectivity index (χ4n) is 1.47. The molecule has 1 rings (SSSR count). The van der Waals surface area contributed by atoms with Gasteiger partial charge in [0.25, 0.3) is 5.91 Å². The van der Waals surface area contributed by atoms with Gasteiger partial charge in [-0.25, -0.2) is 0 Å². The second-order valence-electron chi connectivity index (χ2n) is 5.06. The van der Waals surface area contributed by atoms with E-state index < -0.39 is 5.54 Å². The number of halogens is 2. The van der Waals surface area contributed by atoms with Crippen LogP contribution in [0.4, 0.5) is 0 Å². The van der Waals surface area contributed by atoms with Gasteiger partial charge in [-0.3, -0.25) is 4.79 Å². The third kappa shape index (κ3) is 3.89. The summed E-state index contributed by atoms with van der Waals surface area (Å²) in [4.78, 5) is 12.0. The Morgan fingerprint density at radius 2 is 1.72 bits per heavy atom. The lowest BCUT2D eigenvalue weighted by Gasteiger charge is -2.25. The Hall–Kier alpha value is -0.730. The molecule has 0 aliphatic heterocycles. The number of amides is 1. The van der Waals surface area contributed by atoms with Crippen molar-refractivity contribution in [2.75, 3.05) is 11.8 Å². The summed E-state index contributed by atoms with van der Waals surface area (Å²) in [7, 11) is 0. The Balaban J connectivity index is 2.79. The molecule has 0 aliphatic rings. The summed E-state index contributed by atoms with van der Waals surface area (Å²) in [6.45, 7) is 6.06. The monoisotopic (exact) mass is 287 g/mol. The maximum atomic E-state index is 12.0. The van der Waals surface area contributed by atoms with Crippen LogP contribution in [0.15, 0.2) is 24.3 Å². The number of hydrogen-bond donors (Lipinski definition) is 1. The summed E-state index contributed by atoms with van der Waals surface area (Å²) in [6, 6.07) is 7.59. The quantitative estimate of drug-likeness (QED) is 0.821. The van der Waals surface area contributed by atoms with E-state index in [1.54, 1.807) is 0 Å². The molecule has 0 radical (unpaired) electrons. The molecule has 0 fully saturated rings. The fraction of sp³-hybridized carbons (Fsp3) is 0.500. The van der Waals surface area contributed by atoms with Crippen molar-refractivity contribution >= 4 is 29.1 Å². The van der Waals surface area contributed by atoms with Gasteiger partial charge in [-0.15, -0.1) is 23.2 Å². The van der Waals surface area contributed by atoms with Gasteiger partial charge in [-0.2, -0.15) is 0 Å². The highest BCUT2D eigenvalue weighted by Gasteiger charge is 2.24. The van der Waals surface area contributed by atoms with Gasteiger partial charge in [0.05, 0.1) is 5.54 Å². The van der Waals surface area contributed by atoms with Crippen molar-refractivity contribution in [2.24, 2.45) is 0 Å². The Labute approximate surface area is 119 Å². The summed E-state index contributed by atoms with van der Waals surface area (Å²) >= 11 is 11.6. The highest BCUT2D eigenvalue weighted by Crippen LogP contribution is 2.16. The fourth-order valence-corrected chi connectivity index (χ4v) is 1.89. The number of hydrogen-bond acceptors (Lipinski definition) is 1. The molecule has 0 atom stereocenters. The molecule has 1 N–H and O–H groups in total. The van der Waals surface area contributed by atoms with Crippen LogP contribution in [-0.2, 0) is 0 Å². The second kappa shape index (κ2) is 6.44. The lowest BCUT2D eigenvalue weighted by Crippen LogP contribution is -2.49. The summed E-state index contributed by atoms with van der Waals surface area (Å²) in [6.07, 6.45) is 0. The van der Waals surface area contributed by atoms with E-state index in [4.69, 9.17) is 23.2 Å². The molecular weight excluding hydrogens is 269 g/mol. The first-order valence-corrected chi connectivity index (χ1v) is 7.03. The maximum absolute atomic E-state index is 12.0. The van der Waals surface area contributed by atoms with Crippen LogP contribution in [0.2, 0.25) is 0 Å². The topological polar surface area (TPSA) is 29.1 Å². The molecule has 0 heterocycles. The van der Waals surface area contributed by atoms with Crippen molar-refractivity contribution in [3.8, 4) is 0 Å². The summed E-state index contributed by atoms with van der Waals surface area (Å²) in [5, 5.41) is 2.85. The van der Waals surface area contributed by atoms with E-state index in [9.17, 15) is 4.79 Å². The van der Waals surface area contributed by atoms with Crippen molar-refractivity contribution < 1.29 is 4.79 Å². The molecule has 2 nitrogen and oxygen atoms in total. The average molecular weight is 288 g/mol. The number of benzene rings is 1. The van der Waals surface area contributed by atoms with E-state index in [2.05, 4.69) is 19.2 Å². The van der Waals surface area contributed by atoms with Crippen molar-refractivity contribution in [1.82, 2.24) is 5.32 Å². The van der Waals surface area contributed by atoms with E-state index in [-0.39, 0.29) is 17.7 Å². The van der Waals surface area contributed by atoms with E-state index in [1.807, 2.05) is 31.2 Å². The second-order valence-corrected chi connectivity index (χ2v) is 5.59. The largest absolute Gasteiger partial charge is 0.344 e. The molecule has 0 saturated carbocycles. The normalized spacial score (nSPS) is 11.7. The van der Waals surface area contributed by atoms with Crippen LogP contribution in [0.1, 0.15) is 42.6 Å². The lowest BCUT2D eigenvalue weighted by atomic mass is 10.0. The van der Waals surface area contributed by atoms with Gasteiger partial charge in [-0.05, 0) is 30.5 Å². The molecule has 0 spiro atoms. The van der Waals surface area contributed by atoms with Crippen LogP contribution in [-0.4, -0.2) is 23.2 Å². The molecule has 0 aromatic heterocycles. The zero-order chi connectivity index (χ0) is 13.8. The number of rotatable bonds is 5. The Morgan fingerprint density at radius 1 is 1.22 bits per heavy atom. The minimum Gasteiger partial charge on any atom is -0.344 e. The van der Waals surface area contributed by atoms with Gasteiger partial charge < -0.3 is 5.32 Å². The smallest absolute Gasteiger partial charge is 0.251 e.